The van der Waals surface area contributed by atoms with Crippen LogP contribution in [-0.2, 0) is 11.8 Å². The number of nitrogens with one attached hydrogen (secondary N) is 2. The van der Waals surface area contributed by atoms with E-state index in [2.05, 4.69) is 31.6 Å². The third-order valence-electron chi connectivity index (χ3n) is 5.31. The van der Waals surface area contributed by atoms with Crippen LogP contribution in [-0.4, -0.2) is 63.8 Å². The molecule has 4 aromatic rings. The second-order valence-corrected chi connectivity index (χ2v) is 8.90. The lowest BCUT2D eigenvalue weighted by Crippen LogP contribution is -2.41. The van der Waals surface area contributed by atoms with Crippen molar-refractivity contribution >= 4 is 28.4 Å². The molecule has 9 heteroatoms. The van der Waals surface area contributed by atoms with Crippen molar-refractivity contribution in [2.24, 2.45) is 7.05 Å². The lowest BCUT2D eigenvalue weighted by atomic mass is 10.1. The van der Waals surface area contributed by atoms with E-state index in [0.29, 0.717) is 24.8 Å². The molecule has 0 saturated heterocycles. The molecule has 0 aliphatic carbocycles. The Morgan fingerprint density at radius 3 is 2.75 bits per heavy atom. The summed E-state index contributed by atoms with van der Waals surface area (Å²) >= 11 is 0. The summed E-state index contributed by atoms with van der Waals surface area (Å²) in [5.41, 5.74) is 4.19. The number of aryl methyl sites for hydroxylation is 1. The van der Waals surface area contributed by atoms with Crippen molar-refractivity contribution in [3.63, 3.8) is 0 Å². The zero-order chi connectivity index (χ0) is 25.7. The van der Waals surface area contributed by atoms with E-state index in [4.69, 9.17) is 11.2 Å². The van der Waals surface area contributed by atoms with Crippen LogP contribution >= 0.6 is 0 Å². The third-order valence-corrected chi connectivity index (χ3v) is 5.31. The largest absolute Gasteiger partial charge is 0.491 e. The van der Waals surface area contributed by atoms with Gasteiger partial charge in [0.05, 0.1) is 24.3 Å². The van der Waals surface area contributed by atoms with E-state index in [1.54, 1.807) is 17.1 Å². The SMILES string of the molecule is C#Cc1ccc2nc(Nc3cc(OC[C@@H](C)NC(=O)CN(C)C)cc(-c4cnn(C)c4)c3)ncc2c1. The fraction of sp³-hybridized carbons (Fsp3) is 0.259. The molecule has 4 rings (SSSR count). The average molecular weight is 484 g/mol. The molecule has 2 heterocycles. The Hall–Kier alpha value is -4.42. The van der Waals surface area contributed by atoms with Gasteiger partial charge < -0.3 is 20.3 Å². The van der Waals surface area contributed by atoms with E-state index in [0.717, 1.165) is 33.3 Å². The van der Waals surface area contributed by atoms with Gasteiger partial charge in [0.15, 0.2) is 0 Å². The quantitative estimate of drug-likeness (QED) is 0.353. The number of terminal acetylenes is 1. The molecule has 9 nitrogen and oxygen atoms in total. The maximum atomic E-state index is 12.1. The Balaban J connectivity index is 1.56. The Morgan fingerprint density at radius 1 is 1.19 bits per heavy atom. The monoisotopic (exact) mass is 483 g/mol. The van der Waals surface area contributed by atoms with Crippen molar-refractivity contribution in [3.8, 4) is 29.2 Å². The molecule has 0 fully saturated rings. The van der Waals surface area contributed by atoms with Gasteiger partial charge in [0.1, 0.15) is 12.4 Å². The molecular formula is C27H29N7O2. The summed E-state index contributed by atoms with van der Waals surface area (Å²) in [4.78, 5) is 22.9. The number of nitrogens with zero attached hydrogens (tertiary/aromatic N) is 5. The Kier molecular flexibility index (Phi) is 7.47. The molecule has 1 amide bonds. The van der Waals surface area contributed by atoms with Crippen LogP contribution in [0.3, 0.4) is 0 Å². The number of hydrogen-bond donors (Lipinski definition) is 2. The number of anilines is 2. The minimum absolute atomic E-state index is 0.0506. The summed E-state index contributed by atoms with van der Waals surface area (Å²) in [6, 6.07) is 11.3. The number of benzene rings is 2. The zero-order valence-corrected chi connectivity index (χ0v) is 20.8. The average Bonchev–Trinajstić information content (AvgIpc) is 3.28. The summed E-state index contributed by atoms with van der Waals surface area (Å²) in [6.07, 6.45) is 11.0. The standard InChI is InChI=1S/C27H29N7O2/c1-6-19-7-8-25-21(9-19)13-28-27(32-25)31-23-10-20(22-14-29-34(5)15-22)11-24(12-23)36-17-18(2)30-26(35)16-33(3)4/h1,7-15,18H,16-17H2,2-5H3,(H,30,35)(H,28,31,32)/t18-/m1/s1. The number of rotatable bonds is 9. The first-order valence-corrected chi connectivity index (χ1v) is 11.5. The van der Waals surface area contributed by atoms with Gasteiger partial charge in [-0.1, -0.05) is 5.92 Å². The summed E-state index contributed by atoms with van der Waals surface area (Å²) in [5.74, 6) is 3.67. The number of ether oxygens (including phenoxy) is 1. The number of aromatic nitrogens is 4. The van der Waals surface area contributed by atoms with Gasteiger partial charge in [-0.25, -0.2) is 9.97 Å². The topological polar surface area (TPSA) is 97.2 Å². The number of hydrogen-bond acceptors (Lipinski definition) is 7. The first-order valence-electron chi connectivity index (χ1n) is 11.5. The highest BCUT2D eigenvalue weighted by Crippen LogP contribution is 2.30. The van der Waals surface area contributed by atoms with Gasteiger partial charge in [-0.3, -0.25) is 9.48 Å². The van der Waals surface area contributed by atoms with Crippen molar-refractivity contribution in [1.82, 2.24) is 30.0 Å². The van der Waals surface area contributed by atoms with E-state index < -0.39 is 0 Å². The van der Waals surface area contributed by atoms with Crippen molar-refractivity contribution < 1.29 is 9.53 Å². The molecule has 184 valence electrons. The predicted octanol–water partition coefficient (Wildman–Crippen LogP) is 3.20. The molecule has 2 aromatic carbocycles. The van der Waals surface area contributed by atoms with Crippen molar-refractivity contribution in [2.45, 2.75) is 13.0 Å². The maximum Gasteiger partial charge on any atom is 0.234 e. The Labute approximate surface area is 210 Å². The third kappa shape index (κ3) is 6.37. The molecule has 0 radical (unpaired) electrons. The summed E-state index contributed by atoms with van der Waals surface area (Å²) in [7, 11) is 5.58. The Morgan fingerprint density at radius 2 is 2.03 bits per heavy atom. The Bertz CT molecular complexity index is 1420. The molecule has 1 atom stereocenters. The van der Waals surface area contributed by atoms with Gasteiger partial charge in [0.25, 0.3) is 0 Å². The highest BCUT2D eigenvalue weighted by atomic mass is 16.5. The van der Waals surface area contributed by atoms with Gasteiger partial charge in [-0.2, -0.15) is 5.10 Å². The fourth-order valence-electron chi connectivity index (χ4n) is 3.67. The molecule has 0 bridgehead atoms. The highest BCUT2D eigenvalue weighted by molar-refractivity contribution is 5.81. The lowest BCUT2D eigenvalue weighted by molar-refractivity contribution is -0.122. The summed E-state index contributed by atoms with van der Waals surface area (Å²) < 4.78 is 7.81. The highest BCUT2D eigenvalue weighted by Gasteiger charge is 2.12. The molecule has 2 N–H and O–H groups in total. The molecule has 2 aromatic heterocycles. The van der Waals surface area contributed by atoms with Gasteiger partial charge in [-0.05, 0) is 56.9 Å². The smallest absolute Gasteiger partial charge is 0.234 e. The van der Waals surface area contributed by atoms with E-state index in [1.165, 1.54) is 0 Å². The normalized spacial score (nSPS) is 11.8. The second kappa shape index (κ2) is 10.9. The predicted molar refractivity (Wildman–Crippen MR) is 141 cm³/mol. The number of amides is 1. The van der Waals surface area contributed by atoms with Gasteiger partial charge in [-0.15, -0.1) is 6.42 Å². The molecule has 36 heavy (non-hydrogen) atoms. The molecule has 0 aliphatic heterocycles. The lowest BCUT2D eigenvalue weighted by Gasteiger charge is -2.18. The van der Waals surface area contributed by atoms with Crippen LogP contribution in [0.2, 0.25) is 0 Å². The van der Waals surface area contributed by atoms with E-state index >= 15 is 0 Å². The van der Waals surface area contributed by atoms with Gasteiger partial charge in [0, 0.05) is 47.7 Å². The molecule has 0 saturated carbocycles. The van der Waals surface area contributed by atoms with Gasteiger partial charge >= 0.3 is 0 Å². The molecule has 0 aliphatic rings. The summed E-state index contributed by atoms with van der Waals surface area (Å²) in [5, 5.41) is 11.4. The maximum absolute atomic E-state index is 12.1. The molecule has 0 spiro atoms. The van der Waals surface area contributed by atoms with Crippen LogP contribution < -0.4 is 15.4 Å². The van der Waals surface area contributed by atoms with Crippen LogP contribution in [0.25, 0.3) is 22.0 Å². The number of likely N-dealkylation sites (N-methyl/N-ethyl adjacent to an activating group) is 1. The second-order valence-electron chi connectivity index (χ2n) is 8.90. The van der Waals surface area contributed by atoms with E-state index in [9.17, 15) is 4.79 Å². The van der Waals surface area contributed by atoms with Crippen LogP contribution in [0.4, 0.5) is 11.6 Å². The van der Waals surface area contributed by atoms with E-state index in [1.807, 2.05) is 75.6 Å². The zero-order valence-electron chi connectivity index (χ0n) is 20.8. The number of fused-ring (bicyclic) bond motifs is 1. The first-order chi connectivity index (χ1) is 17.3. The summed E-state index contributed by atoms with van der Waals surface area (Å²) in [6.45, 7) is 2.55. The molecule has 0 unspecified atom stereocenters. The minimum atomic E-state index is -0.160. The fourth-order valence-corrected chi connectivity index (χ4v) is 3.67. The van der Waals surface area contributed by atoms with Gasteiger partial charge in [0.2, 0.25) is 11.9 Å². The van der Waals surface area contributed by atoms with E-state index in [-0.39, 0.29) is 11.9 Å². The molecular weight excluding hydrogens is 454 g/mol. The van der Waals surface area contributed by atoms with Crippen molar-refractivity contribution in [3.05, 3.63) is 60.6 Å². The van der Waals surface area contributed by atoms with Crippen molar-refractivity contribution in [1.29, 1.82) is 0 Å². The number of carbonyl (C=O) groups is 1. The van der Waals surface area contributed by atoms with Crippen LogP contribution in [0.1, 0.15) is 12.5 Å². The number of carbonyl (C=O) groups excluding carboxylic acids is 1. The minimum Gasteiger partial charge on any atom is -0.491 e. The van der Waals surface area contributed by atoms with Crippen LogP contribution in [0.5, 0.6) is 5.75 Å². The van der Waals surface area contributed by atoms with Crippen molar-refractivity contribution in [2.75, 3.05) is 32.6 Å². The van der Waals surface area contributed by atoms with Crippen LogP contribution in [0, 0.1) is 12.3 Å². The van der Waals surface area contributed by atoms with Crippen LogP contribution in [0.15, 0.2) is 55.0 Å². The first kappa shape index (κ1) is 24.7.